The van der Waals surface area contributed by atoms with Gasteiger partial charge in [-0.1, -0.05) is 36.4 Å². The Hall–Kier alpha value is -3.19. The molecule has 4 rings (SSSR count). The highest BCUT2D eigenvalue weighted by Gasteiger charge is 2.39. The molecule has 0 radical (unpaired) electrons. The maximum Gasteiger partial charge on any atom is 0.325 e. The molecule has 1 aromatic carbocycles. The van der Waals surface area contributed by atoms with Crippen LogP contribution in [0, 0.1) is 13.8 Å². The minimum atomic E-state index is -0.640. The normalized spacial score (nSPS) is 16.2. The number of nitrogens with one attached hydrogen (secondary N) is 1. The summed E-state index contributed by atoms with van der Waals surface area (Å²) in [5.41, 5.74) is 3.33. The predicted molar refractivity (Wildman–Crippen MR) is 116 cm³/mol. The van der Waals surface area contributed by atoms with E-state index in [4.69, 9.17) is 0 Å². The molecule has 30 heavy (non-hydrogen) atoms. The molecule has 154 valence electrons. The highest BCUT2D eigenvalue weighted by atomic mass is 32.1. The van der Waals surface area contributed by atoms with Gasteiger partial charge in [-0.3, -0.25) is 14.5 Å². The number of rotatable bonds is 7. The summed E-state index contributed by atoms with van der Waals surface area (Å²) in [4.78, 5) is 40.3. The fraction of sp³-hybridized carbons (Fsp3) is 0.261. The zero-order valence-electron chi connectivity index (χ0n) is 16.9. The molecule has 1 aliphatic rings. The molecule has 7 heteroatoms. The van der Waals surface area contributed by atoms with Crippen molar-refractivity contribution in [2.45, 2.75) is 32.9 Å². The fourth-order valence-corrected chi connectivity index (χ4v) is 4.52. The van der Waals surface area contributed by atoms with Gasteiger partial charge < -0.3 is 9.88 Å². The molecule has 1 saturated heterocycles. The maximum absolute atomic E-state index is 13.0. The molecule has 6 nitrogen and oxygen atoms in total. The third kappa shape index (κ3) is 3.93. The summed E-state index contributed by atoms with van der Waals surface area (Å²) >= 11 is 1.67. The molecule has 0 unspecified atom stereocenters. The van der Waals surface area contributed by atoms with Crippen LogP contribution in [-0.2, 0) is 17.8 Å². The molecule has 0 saturated carbocycles. The summed E-state index contributed by atoms with van der Waals surface area (Å²) < 4.78 is 2.09. The molecular formula is C23H23N3O3S. The van der Waals surface area contributed by atoms with Crippen molar-refractivity contribution in [3.8, 4) is 0 Å². The summed E-state index contributed by atoms with van der Waals surface area (Å²) in [6, 6.07) is 14.3. The second-order valence-corrected chi connectivity index (χ2v) is 8.52. The standard InChI is InChI=1S/C23H23N3O3S/c1-15-11-19(16(2)25(15)13-18-9-6-10-30-18)21(27)14-26-22(28)20(24-23(26)29)12-17-7-4-3-5-8-17/h3-11,20H,12-14H2,1-2H3,(H,24,29)/t20-/m1/s1. The zero-order chi connectivity index (χ0) is 21.3. The molecule has 1 fully saturated rings. The fourth-order valence-electron chi connectivity index (χ4n) is 3.83. The number of Topliss-reactive ketones (excluding diaryl/α,β-unsaturated/α-hetero) is 1. The van der Waals surface area contributed by atoms with Crippen molar-refractivity contribution in [1.29, 1.82) is 0 Å². The molecule has 1 N–H and O–H groups in total. The molecule has 1 aliphatic heterocycles. The minimum absolute atomic E-state index is 0.232. The first-order valence-electron chi connectivity index (χ1n) is 9.82. The van der Waals surface area contributed by atoms with E-state index in [1.165, 1.54) is 4.88 Å². The van der Waals surface area contributed by atoms with Crippen molar-refractivity contribution < 1.29 is 14.4 Å². The zero-order valence-corrected chi connectivity index (χ0v) is 17.7. The van der Waals surface area contributed by atoms with Gasteiger partial charge in [0.1, 0.15) is 6.04 Å². The van der Waals surface area contributed by atoms with Crippen LogP contribution >= 0.6 is 11.3 Å². The Labute approximate surface area is 179 Å². The lowest BCUT2D eigenvalue weighted by Gasteiger charge is -2.13. The summed E-state index contributed by atoms with van der Waals surface area (Å²) in [5.74, 6) is -0.589. The van der Waals surface area contributed by atoms with Crippen molar-refractivity contribution in [3.63, 3.8) is 0 Å². The molecular weight excluding hydrogens is 398 g/mol. The Kier molecular flexibility index (Phi) is 5.55. The van der Waals surface area contributed by atoms with E-state index in [9.17, 15) is 14.4 Å². The largest absolute Gasteiger partial charge is 0.343 e. The average molecular weight is 422 g/mol. The van der Waals surface area contributed by atoms with Gasteiger partial charge in [-0.05, 0) is 36.9 Å². The van der Waals surface area contributed by atoms with E-state index in [1.54, 1.807) is 11.3 Å². The molecule has 1 atom stereocenters. The minimum Gasteiger partial charge on any atom is -0.343 e. The van der Waals surface area contributed by atoms with E-state index in [0.29, 0.717) is 18.5 Å². The number of imide groups is 1. The van der Waals surface area contributed by atoms with E-state index < -0.39 is 12.1 Å². The van der Waals surface area contributed by atoms with Gasteiger partial charge in [0.05, 0.1) is 13.1 Å². The van der Waals surface area contributed by atoms with Gasteiger partial charge in [0.25, 0.3) is 5.91 Å². The number of urea groups is 1. The molecule has 3 aromatic rings. The summed E-state index contributed by atoms with van der Waals surface area (Å²) in [6.07, 6.45) is 0.408. The first kappa shape index (κ1) is 20.1. The number of amides is 3. The number of nitrogens with zero attached hydrogens (tertiary/aromatic N) is 2. The quantitative estimate of drug-likeness (QED) is 0.468. The van der Waals surface area contributed by atoms with Crippen LogP contribution in [0.15, 0.2) is 53.9 Å². The summed E-state index contributed by atoms with van der Waals surface area (Å²) in [7, 11) is 0. The van der Waals surface area contributed by atoms with E-state index in [1.807, 2.05) is 61.7 Å². The second-order valence-electron chi connectivity index (χ2n) is 7.49. The van der Waals surface area contributed by atoms with Crippen LogP contribution in [0.3, 0.4) is 0 Å². The number of ketones is 1. The van der Waals surface area contributed by atoms with E-state index >= 15 is 0 Å². The topological polar surface area (TPSA) is 71.4 Å². The van der Waals surface area contributed by atoms with E-state index in [-0.39, 0.29) is 18.2 Å². The highest BCUT2D eigenvalue weighted by Crippen LogP contribution is 2.21. The first-order valence-corrected chi connectivity index (χ1v) is 10.7. The van der Waals surface area contributed by atoms with Crippen molar-refractivity contribution >= 4 is 29.1 Å². The Morgan fingerprint density at radius 1 is 1.10 bits per heavy atom. The van der Waals surface area contributed by atoms with Gasteiger partial charge in [0.15, 0.2) is 5.78 Å². The van der Waals surface area contributed by atoms with Gasteiger partial charge in [0, 0.05) is 28.2 Å². The summed E-state index contributed by atoms with van der Waals surface area (Å²) in [6.45, 7) is 4.31. The highest BCUT2D eigenvalue weighted by molar-refractivity contribution is 7.09. The van der Waals surface area contributed by atoms with Crippen molar-refractivity contribution in [2.75, 3.05) is 6.54 Å². The third-order valence-corrected chi connectivity index (χ3v) is 6.32. The summed E-state index contributed by atoms with van der Waals surface area (Å²) in [5, 5.41) is 4.73. The molecule has 3 amide bonds. The lowest BCUT2D eigenvalue weighted by molar-refractivity contribution is -0.127. The molecule has 3 heterocycles. The maximum atomic E-state index is 13.0. The number of aromatic nitrogens is 1. The number of aryl methyl sites for hydroxylation is 1. The van der Waals surface area contributed by atoms with Gasteiger partial charge >= 0.3 is 6.03 Å². The number of hydrogen-bond donors (Lipinski definition) is 1. The number of carbonyl (C=O) groups is 3. The van der Waals surface area contributed by atoms with Crippen LogP contribution in [0.25, 0.3) is 0 Å². The van der Waals surface area contributed by atoms with Crippen molar-refractivity contribution in [2.24, 2.45) is 0 Å². The predicted octanol–water partition coefficient (Wildman–Crippen LogP) is 3.56. The van der Waals surface area contributed by atoms with Gasteiger partial charge in [0.2, 0.25) is 0 Å². The van der Waals surface area contributed by atoms with Crippen LogP contribution in [0.5, 0.6) is 0 Å². The van der Waals surface area contributed by atoms with E-state index in [2.05, 4.69) is 16.0 Å². The Balaban J connectivity index is 1.47. The van der Waals surface area contributed by atoms with Crippen molar-refractivity contribution in [3.05, 3.63) is 81.3 Å². The number of carbonyl (C=O) groups excluding carboxylic acids is 3. The van der Waals surface area contributed by atoms with Crippen LogP contribution in [-0.4, -0.2) is 39.8 Å². The average Bonchev–Trinajstić information content (AvgIpc) is 3.41. The van der Waals surface area contributed by atoms with Crippen LogP contribution in [0.4, 0.5) is 4.79 Å². The first-order chi connectivity index (χ1) is 14.4. The van der Waals surface area contributed by atoms with Crippen molar-refractivity contribution in [1.82, 2.24) is 14.8 Å². The second kappa shape index (κ2) is 8.28. The number of thiophene rings is 1. The van der Waals surface area contributed by atoms with Crippen LogP contribution in [0.2, 0.25) is 0 Å². The third-order valence-electron chi connectivity index (χ3n) is 5.46. The SMILES string of the molecule is Cc1cc(C(=O)CN2C(=O)N[C@H](Cc3ccccc3)C2=O)c(C)n1Cc1cccs1. The molecule has 0 bridgehead atoms. The monoisotopic (exact) mass is 421 g/mol. The molecule has 0 spiro atoms. The Bertz CT molecular complexity index is 1090. The molecule has 2 aromatic heterocycles. The van der Waals surface area contributed by atoms with E-state index in [0.717, 1.165) is 21.9 Å². The Morgan fingerprint density at radius 2 is 1.87 bits per heavy atom. The molecule has 0 aliphatic carbocycles. The van der Waals surface area contributed by atoms with Crippen LogP contribution in [0.1, 0.15) is 32.2 Å². The Morgan fingerprint density at radius 3 is 2.57 bits per heavy atom. The van der Waals surface area contributed by atoms with Crippen LogP contribution < -0.4 is 5.32 Å². The van der Waals surface area contributed by atoms with Gasteiger partial charge in [-0.25, -0.2) is 4.79 Å². The number of hydrogen-bond acceptors (Lipinski definition) is 4. The lowest BCUT2D eigenvalue weighted by Crippen LogP contribution is -2.36. The number of benzene rings is 1. The van der Waals surface area contributed by atoms with Gasteiger partial charge in [-0.2, -0.15) is 0 Å². The van der Waals surface area contributed by atoms with Gasteiger partial charge in [-0.15, -0.1) is 11.3 Å². The lowest BCUT2D eigenvalue weighted by atomic mass is 10.1. The smallest absolute Gasteiger partial charge is 0.325 e.